The smallest absolute Gasteiger partial charge is 0.306 e. The van der Waals surface area contributed by atoms with Gasteiger partial charge >= 0.3 is 5.97 Å². The Morgan fingerprint density at radius 1 is 1.39 bits per heavy atom. The van der Waals surface area contributed by atoms with Gasteiger partial charge in [0.25, 0.3) is 0 Å². The number of carboxylic acids is 1. The number of aliphatic carboxylic acids is 1. The number of carbonyl (C=O) groups excluding carboxylic acids is 1. The fourth-order valence-corrected chi connectivity index (χ4v) is 2.89. The number of rotatable bonds is 7. The fourth-order valence-electron chi connectivity index (χ4n) is 2.89. The van der Waals surface area contributed by atoms with E-state index in [2.05, 4.69) is 5.32 Å². The summed E-state index contributed by atoms with van der Waals surface area (Å²) in [5, 5.41) is 11.9. The first-order chi connectivity index (χ1) is 8.55. The summed E-state index contributed by atoms with van der Waals surface area (Å²) in [5.74, 6) is -1.34. The van der Waals surface area contributed by atoms with Crippen LogP contribution in [0.2, 0.25) is 0 Å². The molecule has 2 N–H and O–H groups in total. The van der Waals surface area contributed by atoms with E-state index in [1.807, 2.05) is 0 Å². The molecule has 104 valence electrons. The van der Waals surface area contributed by atoms with Crippen LogP contribution in [-0.4, -0.2) is 37.7 Å². The largest absolute Gasteiger partial charge is 0.481 e. The van der Waals surface area contributed by atoms with Crippen LogP contribution in [0.5, 0.6) is 0 Å². The van der Waals surface area contributed by atoms with E-state index in [-0.39, 0.29) is 5.91 Å². The normalized spacial score (nSPS) is 19.4. The van der Waals surface area contributed by atoms with Crippen molar-refractivity contribution in [3.63, 3.8) is 0 Å². The first kappa shape index (κ1) is 15.0. The first-order valence-corrected chi connectivity index (χ1v) is 6.49. The molecule has 1 amide bonds. The van der Waals surface area contributed by atoms with Gasteiger partial charge in [-0.2, -0.15) is 0 Å². The molecule has 0 aliphatic heterocycles. The van der Waals surface area contributed by atoms with Crippen molar-refractivity contribution in [1.29, 1.82) is 0 Å². The van der Waals surface area contributed by atoms with Crippen LogP contribution in [0.25, 0.3) is 0 Å². The molecule has 0 bridgehead atoms. The molecule has 0 heterocycles. The third-order valence-corrected chi connectivity index (χ3v) is 3.93. The number of amides is 1. The number of carbonyl (C=O) groups is 2. The molecule has 1 aliphatic carbocycles. The standard InChI is InChI=1S/C13H23NO4/c1-14-12(17)13(6-3-4-7-13)9-10(11(15)16)5-8-18-2/h10H,3-9H2,1-2H3,(H,14,17)(H,15,16). The molecular formula is C13H23NO4. The number of methoxy groups -OCH3 is 1. The summed E-state index contributed by atoms with van der Waals surface area (Å²) < 4.78 is 4.94. The van der Waals surface area contributed by atoms with E-state index >= 15 is 0 Å². The molecule has 1 saturated carbocycles. The molecule has 1 atom stereocenters. The second-order valence-corrected chi connectivity index (χ2v) is 5.09. The predicted octanol–water partition coefficient (Wildman–Crippen LogP) is 1.42. The highest BCUT2D eigenvalue weighted by Crippen LogP contribution is 2.44. The molecule has 1 unspecified atom stereocenters. The Balaban J connectivity index is 2.74. The monoisotopic (exact) mass is 257 g/mol. The molecule has 0 aromatic heterocycles. The zero-order valence-corrected chi connectivity index (χ0v) is 11.2. The van der Waals surface area contributed by atoms with Crippen molar-refractivity contribution in [2.45, 2.75) is 38.5 Å². The summed E-state index contributed by atoms with van der Waals surface area (Å²) in [5.41, 5.74) is -0.481. The number of hydrogen-bond donors (Lipinski definition) is 2. The van der Waals surface area contributed by atoms with Crippen molar-refractivity contribution in [1.82, 2.24) is 5.32 Å². The molecule has 0 radical (unpaired) electrons. The maximum atomic E-state index is 12.0. The van der Waals surface area contributed by atoms with E-state index < -0.39 is 17.3 Å². The Bertz CT molecular complexity index is 297. The van der Waals surface area contributed by atoms with Crippen molar-refractivity contribution in [3.8, 4) is 0 Å². The minimum atomic E-state index is -0.831. The van der Waals surface area contributed by atoms with Gasteiger partial charge in [-0.3, -0.25) is 9.59 Å². The van der Waals surface area contributed by atoms with Gasteiger partial charge in [-0.15, -0.1) is 0 Å². The van der Waals surface area contributed by atoms with Crippen LogP contribution in [0.1, 0.15) is 38.5 Å². The van der Waals surface area contributed by atoms with Crippen molar-refractivity contribution in [2.24, 2.45) is 11.3 Å². The maximum absolute atomic E-state index is 12.0. The summed E-state index contributed by atoms with van der Waals surface area (Å²) in [6, 6.07) is 0. The summed E-state index contributed by atoms with van der Waals surface area (Å²) >= 11 is 0. The first-order valence-electron chi connectivity index (χ1n) is 6.49. The third kappa shape index (κ3) is 3.45. The summed E-state index contributed by atoms with van der Waals surface area (Å²) in [6.07, 6.45) is 4.48. The second-order valence-electron chi connectivity index (χ2n) is 5.09. The van der Waals surface area contributed by atoms with Crippen molar-refractivity contribution >= 4 is 11.9 Å². The highest BCUT2D eigenvalue weighted by molar-refractivity contribution is 5.83. The Morgan fingerprint density at radius 2 is 2.00 bits per heavy atom. The van der Waals surface area contributed by atoms with Crippen LogP contribution < -0.4 is 5.32 Å². The van der Waals surface area contributed by atoms with E-state index in [0.29, 0.717) is 19.4 Å². The van der Waals surface area contributed by atoms with E-state index in [9.17, 15) is 14.7 Å². The van der Waals surface area contributed by atoms with E-state index in [4.69, 9.17) is 4.74 Å². The van der Waals surface area contributed by atoms with Gasteiger partial charge in [-0.25, -0.2) is 0 Å². The Morgan fingerprint density at radius 3 is 2.44 bits per heavy atom. The molecule has 5 nitrogen and oxygen atoms in total. The zero-order chi connectivity index (χ0) is 13.6. The third-order valence-electron chi connectivity index (χ3n) is 3.93. The van der Waals surface area contributed by atoms with Crippen molar-refractivity contribution < 1.29 is 19.4 Å². The molecule has 0 aromatic carbocycles. The predicted molar refractivity (Wildman–Crippen MR) is 67.2 cm³/mol. The quantitative estimate of drug-likeness (QED) is 0.723. The lowest BCUT2D eigenvalue weighted by molar-refractivity contribution is -0.145. The van der Waals surface area contributed by atoms with Gasteiger partial charge in [0.2, 0.25) is 5.91 Å². The lowest BCUT2D eigenvalue weighted by atomic mass is 9.76. The SMILES string of the molecule is CNC(=O)C1(CC(CCOC)C(=O)O)CCCC1. The van der Waals surface area contributed by atoms with Gasteiger partial charge in [0.1, 0.15) is 0 Å². The Kier molecular flexibility index (Phi) is 5.59. The zero-order valence-electron chi connectivity index (χ0n) is 11.2. The molecule has 1 fully saturated rings. The maximum Gasteiger partial charge on any atom is 0.306 e. The van der Waals surface area contributed by atoms with Crippen LogP contribution in [0.15, 0.2) is 0 Å². The number of hydrogen-bond acceptors (Lipinski definition) is 3. The molecule has 1 aliphatic rings. The summed E-state index contributed by atoms with van der Waals surface area (Å²) in [4.78, 5) is 23.3. The lowest BCUT2D eigenvalue weighted by Gasteiger charge is -2.29. The van der Waals surface area contributed by atoms with E-state index in [1.54, 1.807) is 14.2 Å². The molecule has 0 saturated heterocycles. The molecule has 5 heteroatoms. The number of nitrogens with one attached hydrogen (secondary N) is 1. The van der Waals surface area contributed by atoms with Gasteiger partial charge in [0.05, 0.1) is 5.92 Å². The summed E-state index contributed by atoms with van der Waals surface area (Å²) in [7, 11) is 3.18. The number of carboxylic acid groups (broad SMARTS) is 1. The highest BCUT2D eigenvalue weighted by Gasteiger charge is 2.43. The molecule has 0 aromatic rings. The van der Waals surface area contributed by atoms with Gasteiger partial charge in [0, 0.05) is 26.2 Å². The molecule has 0 spiro atoms. The highest BCUT2D eigenvalue weighted by atomic mass is 16.5. The van der Waals surface area contributed by atoms with Crippen LogP contribution >= 0.6 is 0 Å². The fraction of sp³-hybridized carbons (Fsp3) is 0.846. The van der Waals surface area contributed by atoms with Gasteiger partial charge in [0.15, 0.2) is 0 Å². The topological polar surface area (TPSA) is 75.6 Å². The Labute approximate surface area is 108 Å². The average molecular weight is 257 g/mol. The minimum Gasteiger partial charge on any atom is -0.481 e. The van der Waals surface area contributed by atoms with Crippen molar-refractivity contribution in [3.05, 3.63) is 0 Å². The number of ether oxygens (including phenoxy) is 1. The molecule has 1 rings (SSSR count). The molecule has 18 heavy (non-hydrogen) atoms. The van der Waals surface area contributed by atoms with Crippen LogP contribution in [0, 0.1) is 11.3 Å². The van der Waals surface area contributed by atoms with Crippen LogP contribution in [0.3, 0.4) is 0 Å². The minimum absolute atomic E-state index is 0.0105. The molecular weight excluding hydrogens is 234 g/mol. The van der Waals surface area contributed by atoms with Gasteiger partial charge in [-0.1, -0.05) is 12.8 Å². The average Bonchev–Trinajstić information content (AvgIpc) is 2.83. The second kappa shape index (κ2) is 6.73. The van der Waals surface area contributed by atoms with Crippen LogP contribution in [0.4, 0.5) is 0 Å². The van der Waals surface area contributed by atoms with Crippen LogP contribution in [-0.2, 0) is 14.3 Å². The summed E-state index contributed by atoms with van der Waals surface area (Å²) in [6.45, 7) is 0.417. The van der Waals surface area contributed by atoms with E-state index in [1.165, 1.54) is 0 Å². The Hall–Kier alpha value is -1.10. The lowest BCUT2D eigenvalue weighted by Crippen LogP contribution is -2.40. The van der Waals surface area contributed by atoms with Gasteiger partial charge in [-0.05, 0) is 25.7 Å². The van der Waals surface area contributed by atoms with Crippen molar-refractivity contribution in [2.75, 3.05) is 20.8 Å². The van der Waals surface area contributed by atoms with E-state index in [0.717, 1.165) is 25.7 Å². The van der Waals surface area contributed by atoms with Gasteiger partial charge < -0.3 is 15.2 Å².